The van der Waals surface area contributed by atoms with E-state index in [1.165, 1.54) is 18.2 Å². The summed E-state index contributed by atoms with van der Waals surface area (Å²) >= 11 is 12.7. The van der Waals surface area contributed by atoms with Crippen molar-refractivity contribution >= 4 is 43.5 Å². The van der Waals surface area contributed by atoms with Gasteiger partial charge in [-0.3, -0.25) is 0 Å². The summed E-state index contributed by atoms with van der Waals surface area (Å²) in [5.41, 5.74) is 0.971. The molecule has 0 N–H and O–H groups in total. The summed E-state index contributed by atoms with van der Waals surface area (Å²) in [7, 11) is 0. The Labute approximate surface area is 132 Å². The summed E-state index contributed by atoms with van der Waals surface area (Å²) in [5, 5.41) is 0.604. The molecule has 0 bridgehead atoms. The van der Waals surface area contributed by atoms with E-state index in [-0.39, 0.29) is 16.8 Å². The number of benzene rings is 2. The Morgan fingerprint density at radius 2 is 1.74 bits per heavy atom. The molecule has 0 aliphatic heterocycles. The fourth-order valence-corrected chi connectivity index (χ4v) is 3.76. The van der Waals surface area contributed by atoms with Crippen molar-refractivity contribution in [2.75, 3.05) is 0 Å². The highest BCUT2D eigenvalue weighted by Gasteiger charge is 2.17. The molecule has 5 heteroatoms. The molecule has 0 saturated heterocycles. The topological polar surface area (TPSA) is 0 Å². The van der Waals surface area contributed by atoms with Crippen LogP contribution in [0.5, 0.6) is 0 Å². The molecule has 1 atom stereocenters. The van der Waals surface area contributed by atoms with Crippen molar-refractivity contribution in [3.8, 4) is 0 Å². The van der Waals surface area contributed by atoms with E-state index in [0.717, 1.165) is 10.0 Å². The molecule has 1 unspecified atom stereocenters. The second-order valence-electron chi connectivity index (χ2n) is 4.04. The first kappa shape index (κ1) is 14.9. The molecule has 0 spiro atoms. The quantitative estimate of drug-likeness (QED) is 0.540. The molecule has 0 radical (unpaired) electrons. The largest absolute Gasteiger partial charge is 0.207 e. The Morgan fingerprint density at radius 1 is 1.11 bits per heavy atom. The van der Waals surface area contributed by atoms with E-state index in [2.05, 4.69) is 31.9 Å². The van der Waals surface area contributed by atoms with Crippen molar-refractivity contribution in [3.05, 3.63) is 68.7 Å². The molecule has 0 heterocycles. The van der Waals surface area contributed by atoms with Gasteiger partial charge in [-0.05, 0) is 36.2 Å². The number of rotatable bonds is 3. The van der Waals surface area contributed by atoms with Gasteiger partial charge in [0.2, 0.25) is 0 Å². The predicted molar refractivity (Wildman–Crippen MR) is 80.9 cm³/mol. The zero-order valence-corrected chi connectivity index (χ0v) is 13.6. The molecular weight excluding hydrogens is 401 g/mol. The SMILES string of the molecule is Fc1cccc(F)c1CC(Br)c1ccc(Cl)cc1Br. The third-order valence-electron chi connectivity index (χ3n) is 2.74. The van der Waals surface area contributed by atoms with Gasteiger partial charge >= 0.3 is 0 Å². The summed E-state index contributed by atoms with van der Waals surface area (Å²) in [6.07, 6.45) is 0.221. The molecule has 0 saturated carbocycles. The van der Waals surface area contributed by atoms with Crippen LogP contribution in [0.25, 0.3) is 0 Å². The third kappa shape index (κ3) is 3.56. The van der Waals surface area contributed by atoms with Gasteiger partial charge in [0, 0.05) is 19.9 Å². The van der Waals surface area contributed by atoms with Crippen LogP contribution in [0.1, 0.15) is 16.0 Å². The van der Waals surface area contributed by atoms with E-state index < -0.39 is 11.6 Å². The van der Waals surface area contributed by atoms with Gasteiger partial charge in [-0.2, -0.15) is 0 Å². The molecule has 0 aromatic heterocycles. The Hall–Kier alpha value is -0.450. The number of halogens is 5. The molecule has 2 aromatic rings. The van der Waals surface area contributed by atoms with Gasteiger partial charge in [-0.15, -0.1) is 0 Å². The van der Waals surface area contributed by atoms with Crippen molar-refractivity contribution in [2.45, 2.75) is 11.2 Å². The normalized spacial score (nSPS) is 12.5. The van der Waals surface area contributed by atoms with Crippen molar-refractivity contribution in [3.63, 3.8) is 0 Å². The summed E-state index contributed by atoms with van der Waals surface area (Å²) in [6, 6.07) is 9.20. The van der Waals surface area contributed by atoms with Gasteiger partial charge in [0.25, 0.3) is 0 Å². The maximum absolute atomic E-state index is 13.6. The summed E-state index contributed by atoms with van der Waals surface area (Å²) in [6.45, 7) is 0. The minimum absolute atomic E-state index is 0.0752. The van der Waals surface area contributed by atoms with Gasteiger partial charge in [0.1, 0.15) is 11.6 Å². The first-order valence-corrected chi connectivity index (χ1v) is 7.59. The first-order chi connectivity index (χ1) is 8.99. The van der Waals surface area contributed by atoms with E-state index in [1.54, 1.807) is 12.1 Å². The Morgan fingerprint density at radius 3 is 2.32 bits per heavy atom. The first-order valence-electron chi connectivity index (χ1n) is 5.51. The Kier molecular flexibility index (Phi) is 4.98. The van der Waals surface area contributed by atoms with E-state index >= 15 is 0 Å². The van der Waals surface area contributed by atoms with E-state index in [4.69, 9.17) is 11.6 Å². The second-order valence-corrected chi connectivity index (χ2v) is 6.43. The lowest BCUT2D eigenvalue weighted by Crippen LogP contribution is -2.02. The molecule has 2 aromatic carbocycles. The molecule has 19 heavy (non-hydrogen) atoms. The van der Waals surface area contributed by atoms with Crippen LogP contribution >= 0.6 is 43.5 Å². The highest BCUT2D eigenvalue weighted by Crippen LogP contribution is 2.35. The smallest absolute Gasteiger partial charge is 0.129 e. The molecule has 0 aliphatic rings. The van der Waals surface area contributed by atoms with Crippen molar-refractivity contribution in [1.82, 2.24) is 0 Å². The van der Waals surface area contributed by atoms with Crippen molar-refractivity contribution in [1.29, 1.82) is 0 Å². The second kappa shape index (κ2) is 6.33. The van der Waals surface area contributed by atoms with Crippen LogP contribution in [0, 0.1) is 11.6 Å². The minimum atomic E-state index is -0.533. The monoisotopic (exact) mass is 408 g/mol. The van der Waals surface area contributed by atoms with Crippen LogP contribution in [-0.4, -0.2) is 0 Å². The average Bonchev–Trinajstić information content (AvgIpc) is 2.33. The molecule has 0 nitrogen and oxygen atoms in total. The van der Waals surface area contributed by atoms with E-state index in [1.807, 2.05) is 6.07 Å². The van der Waals surface area contributed by atoms with Gasteiger partial charge in [0.15, 0.2) is 0 Å². The van der Waals surface area contributed by atoms with Crippen LogP contribution in [0.2, 0.25) is 5.02 Å². The fourth-order valence-electron chi connectivity index (χ4n) is 1.77. The van der Waals surface area contributed by atoms with Gasteiger partial charge < -0.3 is 0 Å². The van der Waals surface area contributed by atoms with Crippen LogP contribution in [0.4, 0.5) is 8.78 Å². The van der Waals surface area contributed by atoms with E-state index in [9.17, 15) is 8.78 Å². The lowest BCUT2D eigenvalue weighted by molar-refractivity contribution is 0.554. The zero-order chi connectivity index (χ0) is 14.0. The van der Waals surface area contributed by atoms with Crippen LogP contribution < -0.4 is 0 Å². The molecule has 0 amide bonds. The predicted octanol–water partition coefficient (Wildman–Crippen LogP) is 6.06. The Balaban J connectivity index is 2.28. The third-order valence-corrected chi connectivity index (χ3v) is 4.48. The molecular formula is C14H9Br2ClF2. The van der Waals surface area contributed by atoms with Gasteiger partial charge in [0.05, 0.1) is 0 Å². The van der Waals surface area contributed by atoms with Gasteiger partial charge in [-0.25, -0.2) is 8.78 Å². The molecule has 2 rings (SSSR count). The standard InChI is InChI=1S/C14H9Br2ClF2/c15-11-6-8(17)4-5-9(11)12(16)7-10-13(18)2-1-3-14(10)19/h1-6,12H,7H2. The molecule has 100 valence electrons. The van der Waals surface area contributed by atoms with Gasteiger partial charge in [-0.1, -0.05) is 55.6 Å². The maximum atomic E-state index is 13.6. The zero-order valence-electron chi connectivity index (χ0n) is 9.64. The Bertz CT molecular complexity index is 582. The lowest BCUT2D eigenvalue weighted by atomic mass is 10.0. The van der Waals surface area contributed by atoms with Crippen LogP contribution in [0.15, 0.2) is 40.9 Å². The summed E-state index contributed by atoms with van der Waals surface area (Å²) in [5.74, 6) is -1.07. The number of alkyl halides is 1. The lowest BCUT2D eigenvalue weighted by Gasteiger charge is -2.13. The van der Waals surface area contributed by atoms with Crippen LogP contribution in [0.3, 0.4) is 0 Å². The number of hydrogen-bond acceptors (Lipinski definition) is 0. The van der Waals surface area contributed by atoms with Crippen molar-refractivity contribution < 1.29 is 8.78 Å². The summed E-state index contributed by atoms with van der Waals surface area (Å²) in [4.78, 5) is -0.203. The number of hydrogen-bond donors (Lipinski definition) is 0. The minimum Gasteiger partial charge on any atom is -0.207 e. The average molecular weight is 410 g/mol. The maximum Gasteiger partial charge on any atom is 0.129 e. The van der Waals surface area contributed by atoms with E-state index in [0.29, 0.717) is 5.02 Å². The van der Waals surface area contributed by atoms with Crippen LogP contribution in [-0.2, 0) is 6.42 Å². The summed E-state index contributed by atoms with van der Waals surface area (Å²) < 4.78 is 28.0. The molecule has 0 aliphatic carbocycles. The fraction of sp³-hybridized carbons (Fsp3) is 0.143. The highest BCUT2D eigenvalue weighted by molar-refractivity contribution is 9.11. The highest BCUT2D eigenvalue weighted by atomic mass is 79.9. The van der Waals surface area contributed by atoms with Crippen molar-refractivity contribution in [2.24, 2.45) is 0 Å². The molecule has 0 fully saturated rings.